The summed E-state index contributed by atoms with van der Waals surface area (Å²) in [6.07, 6.45) is 2.22. The highest BCUT2D eigenvalue weighted by molar-refractivity contribution is 5.28. The van der Waals surface area contributed by atoms with E-state index in [1.807, 2.05) is 0 Å². The summed E-state index contributed by atoms with van der Waals surface area (Å²) in [5, 5.41) is 0. The number of ether oxygens (including phenoxy) is 1. The monoisotopic (exact) mass is 248 g/mol. The van der Waals surface area contributed by atoms with Gasteiger partial charge in [0, 0.05) is 13.2 Å². The van der Waals surface area contributed by atoms with E-state index in [4.69, 9.17) is 4.74 Å². The van der Waals surface area contributed by atoms with Crippen molar-refractivity contribution in [2.75, 3.05) is 13.2 Å². The Bertz CT molecular complexity index is 347. The first kappa shape index (κ1) is 15.2. The number of rotatable bonds is 6. The van der Waals surface area contributed by atoms with E-state index in [1.54, 1.807) is 0 Å². The van der Waals surface area contributed by atoms with Gasteiger partial charge in [-0.2, -0.15) is 0 Å². The molecule has 0 atom stereocenters. The molecule has 0 aliphatic rings. The Balaban J connectivity index is 2.39. The van der Waals surface area contributed by atoms with Gasteiger partial charge in [0.05, 0.1) is 0 Å². The minimum Gasteiger partial charge on any atom is -0.381 e. The van der Waals surface area contributed by atoms with Gasteiger partial charge in [0.1, 0.15) is 0 Å². The second-order valence-corrected chi connectivity index (χ2v) is 6.52. The predicted octanol–water partition coefficient (Wildman–Crippen LogP) is 4.59. The molecule has 0 radical (unpaired) electrons. The zero-order chi connectivity index (χ0) is 13.6. The maximum absolute atomic E-state index is 5.61. The first-order chi connectivity index (χ1) is 8.39. The van der Waals surface area contributed by atoms with Gasteiger partial charge in [-0.3, -0.25) is 0 Å². The molecule has 0 aromatic heterocycles. The number of benzene rings is 1. The van der Waals surface area contributed by atoms with Crippen molar-refractivity contribution < 1.29 is 4.74 Å². The molecule has 0 bridgehead atoms. The molecule has 1 aromatic carbocycles. The van der Waals surface area contributed by atoms with Crippen LogP contribution in [0.1, 0.15) is 52.2 Å². The first-order valence-electron chi connectivity index (χ1n) is 7.07. The maximum atomic E-state index is 5.61. The standard InChI is InChI=1S/C17H28O/c1-14(2)13-18-11-7-9-15-8-6-10-16(12-15)17(3,4)5/h6,8,10,12,14H,7,9,11,13H2,1-5H3. The third kappa shape index (κ3) is 5.68. The zero-order valence-corrected chi connectivity index (χ0v) is 12.6. The molecule has 0 fully saturated rings. The predicted molar refractivity (Wildman–Crippen MR) is 79.1 cm³/mol. The van der Waals surface area contributed by atoms with E-state index < -0.39 is 0 Å². The van der Waals surface area contributed by atoms with Crippen molar-refractivity contribution in [2.24, 2.45) is 5.92 Å². The Morgan fingerprint density at radius 1 is 1.17 bits per heavy atom. The molecule has 0 saturated heterocycles. The molecule has 1 nitrogen and oxygen atoms in total. The lowest BCUT2D eigenvalue weighted by Gasteiger charge is -2.19. The van der Waals surface area contributed by atoms with Crippen LogP contribution in [0.3, 0.4) is 0 Å². The number of hydrogen-bond acceptors (Lipinski definition) is 1. The van der Waals surface area contributed by atoms with Crippen LogP contribution in [0.15, 0.2) is 24.3 Å². The van der Waals surface area contributed by atoms with E-state index in [1.165, 1.54) is 11.1 Å². The molecule has 1 heteroatoms. The fourth-order valence-electron chi connectivity index (χ4n) is 1.89. The molecule has 0 saturated carbocycles. The molecule has 18 heavy (non-hydrogen) atoms. The summed E-state index contributed by atoms with van der Waals surface area (Å²) < 4.78 is 5.61. The van der Waals surface area contributed by atoms with Crippen molar-refractivity contribution in [2.45, 2.75) is 52.9 Å². The van der Waals surface area contributed by atoms with E-state index in [9.17, 15) is 0 Å². The summed E-state index contributed by atoms with van der Waals surface area (Å²) in [6.45, 7) is 12.9. The van der Waals surface area contributed by atoms with Gasteiger partial charge in [0.2, 0.25) is 0 Å². The van der Waals surface area contributed by atoms with Crippen LogP contribution in [0.5, 0.6) is 0 Å². The van der Waals surface area contributed by atoms with E-state index in [0.717, 1.165) is 26.1 Å². The van der Waals surface area contributed by atoms with Gasteiger partial charge in [-0.25, -0.2) is 0 Å². The van der Waals surface area contributed by atoms with Gasteiger partial charge in [-0.05, 0) is 35.3 Å². The average Bonchev–Trinajstić information content (AvgIpc) is 2.27. The molecule has 0 amide bonds. The Hall–Kier alpha value is -0.820. The highest BCUT2D eigenvalue weighted by Crippen LogP contribution is 2.23. The first-order valence-corrected chi connectivity index (χ1v) is 7.07. The molecule has 1 aromatic rings. The van der Waals surface area contributed by atoms with Crippen LogP contribution < -0.4 is 0 Å². The largest absolute Gasteiger partial charge is 0.381 e. The molecule has 0 aliphatic carbocycles. The minimum atomic E-state index is 0.240. The second-order valence-electron chi connectivity index (χ2n) is 6.52. The van der Waals surface area contributed by atoms with E-state index in [-0.39, 0.29) is 5.41 Å². The minimum absolute atomic E-state index is 0.240. The summed E-state index contributed by atoms with van der Waals surface area (Å²) in [4.78, 5) is 0. The summed E-state index contributed by atoms with van der Waals surface area (Å²) in [7, 11) is 0. The van der Waals surface area contributed by atoms with Crippen LogP contribution in [0, 0.1) is 5.92 Å². The molecule has 0 unspecified atom stereocenters. The highest BCUT2D eigenvalue weighted by atomic mass is 16.5. The topological polar surface area (TPSA) is 9.23 Å². The van der Waals surface area contributed by atoms with Gasteiger partial charge < -0.3 is 4.74 Å². The molecule has 0 aliphatic heterocycles. The lowest BCUT2D eigenvalue weighted by Crippen LogP contribution is -2.11. The normalized spacial score (nSPS) is 12.1. The summed E-state index contributed by atoms with van der Waals surface area (Å²) in [5.41, 5.74) is 3.09. The van der Waals surface area contributed by atoms with Gasteiger partial charge in [-0.1, -0.05) is 58.9 Å². The van der Waals surface area contributed by atoms with Crippen LogP contribution in [0.4, 0.5) is 0 Å². The highest BCUT2D eigenvalue weighted by Gasteiger charge is 2.13. The van der Waals surface area contributed by atoms with Crippen LogP contribution in [-0.2, 0) is 16.6 Å². The van der Waals surface area contributed by atoms with Crippen molar-refractivity contribution in [3.63, 3.8) is 0 Å². The maximum Gasteiger partial charge on any atom is 0.0488 e. The summed E-state index contributed by atoms with van der Waals surface area (Å²) in [6, 6.07) is 8.95. The lowest BCUT2D eigenvalue weighted by molar-refractivity contribution is 0.108. The van der Waals surface area contributed by atoms with Crippen molar-refractivity contribution in [3.8, 4) is 0 Å². The van der Waals surface area contributed by atoms with Crippen molar-refractivity contribution in [3.05, 3.63) is 35.4 Å². The average molecular weight is 248 g/mol. The fraction of sp³-hybridized carbons (Fsp3) is 0.647. The van der Waals surface area contributed by atoms with Gasteiger partial charge in [-0.15, -0.1) is 0 Å². The number of hydrogen-bond donors (Lipinski definition) is 0. The molecule has 102 valence electrons. The fourth-order valence-corrected chi connectivity index (χ4v) is 1.89. The molecule has 0 heterocycles. The quantitative estimate of drug-likeness (QED) is 0.669. The van der Waals surface area contributed by atoms with Gasteiger partial charge in [0.15, 0.2) is 0 Å². The zero-order valence-electron chi connectivity index (χ0n) is 12.6. The smallest absolute Gasteiger partial charge is 0.0488 e. The molecule has 0 N–H and O–H groups in total. The van der Waals surface area contributed by atoms with Gasteiger partial charge >= 0.3 is 0 Å². The Morgan fingerprint density at radius 3 is 2.50 bits per heavy atom. The number of aryl methyl sites for hydroxylation is 1. The second kappa shape index (κ2) is 6.94. The van der Waals surface area contributed by atoms with E-state index in [2.05, 4.69) is 58.9 Å². The molecular formula is C17H28O. The molecular weight excluding hydrogens is 220 g/mol. The third-order valence-electron chi connectivity index (χ3n) is 3.00. The lowest BCUT2D eigenvalue weighted by atomic mass is 9.86. The van der Waals surface area contributed by atoms with Crippen LogP contribution in [0.2, 0.25) is 0 Å². The van der Waals surface area contributed by atoms with Crippen molar-refractivity contribution >= 4 is 0 Å². The van der Waals surface area contributed by atoms with Crippen LogP contribution in [-0.4, -0.2) is 13.2 Å². The van der Waals surface area contributed by atoms with E-state index >= 15 is 0 Å². The molecule has 0 spiro atoms. The van der Waals surface area contributed by atoms with Gasteiger partial charge in [0.25, 0.3) is 0 Å². The summed E-state index contributed by atoms with van der Waals surface area (Å²) in [5.74, 6) is 0.634. The van der Waals surface area contributed by atoms with Crippen molar-refractivity contribution in [1.82, 2.24) is 0 Å². The SMILES string of the molecule is CC(C)COCCCc1cccc(C(C)(C)C)c1. The van der Waals surface area contributed by atoms with Crippen molar-refractivity contribution in [1.29, 1.82) is 0 Å². The molecule has 1 rings (SSSR count). The Labute approximate surface area is 113 Å². The van der Waals surface area contributed by atoms with Crippen LogP contribution >= 0.6 is 0 Å². The van der Waals surface area contributed by atoms with E-state index in [0.29, 0.717) is 5.92 Å². The third-order valence-corrected chi connectivity index (χ3v) is 3.00. The van der Waals surface area contributed by atoms with Crippen LogP contribution in [0.25, 0.3) is 0 Å². The summed E-state index contributed by atoms with van der Waals surface area (Å²) >= 11 is 0. The Kier molecular flexibility index (Phi) is 5.87. The Morgan fingerprint density at radius 2 is 1.89 bits per heavy atom.